The van der Waals surface area contributed by atoms with Crippen LogP contribution in [0.2, 0.25) is 0 Å². The highest BCUT2D eigenvalue weighted by atomic mass is 32.2. The number of thiophene rings is 1. The summed E-state index contributed by atoms with van der Waals surface area (Å²) in [6, 6.07) is 10.7. The highest BCUT2D eigenvalue weighted by Gasteiger charge is 2.10. The van der Waals surface area contributed by atoms with Crippen molar-refractivity contribution >= 4 is 44.2 Å². The molecule has 0 aliphatic rings. The van der Waals surface area contributed by atoms with Gasteiger partial charge in [-0.2, -0.15) is 0 Å². The maximum Gasteiger partial charge on any atom is 0.124 e. The number of aryl methyl sites for hydroxylation is 1. The number of rotatable bonds is 6. The van der Waals surface area contributed by atoms with Crippen LogP contribution in [-0.2, 0) is 12.3 Å². The van der Waals surface area contributed by atoms with Crippen molar-refractivity contribution < 1.29 is 0 Å². The Morgan fingerprint density at radius 3 is 3.00 bits per heavy atom. The highest BCUT2D eigenvalue weighted by molar-refractivity contribution is 7.98. The van der Waals surface area contributed by atoms with Crippen LogP contribution in [0, 0.1) is 0 Å². The molecule has 5 heteroatoms. The zero-order chi connectivity index (χ0) is 16.4. The summed E-state index contributed by atoms with van der Waals surface area (Å²) in [5, 5.41) is 4.64. The number of imidazole rings is 1. The summed E-state index contributed by atoms with van der Waals surface area (Å²) < 4.78 is 3.59. The van der Waals surface area contributed by atoms with E-state index in [1.165, 1.54) is 34.0 Å². The summed E-state index contributed by atoms with van der Waals surface area (Å²) in [4.78, 5) is 9.19. The van der Waals surface area contributed by atoms with Gasteiger partial charge >= 0.3 is 0 Å². The topological polar surface area (TPSA) is 30.7 Å². The summed E-state index contributed by atoms with van der Waals surface area (Å²) >= 11 is 3.59. The number of hydrogen-bond acceptors (Lipinski definition) is 4. The van der Waals surface area contributed by atoms with E-state index in [2.05, 4.69) is 57.2 Å². The molecule has 0 saturated carbocycles. The largest absolute Gasteiger partial charge is 0.330 e. The molecule has 0 atom stereocenters. The molecular weight excluding hydrogens is 334 g/mol. The minimum atomic E-state index is 0.929. The summed E-state index contributed by atoms with van der Waals surface area (Å²) in [7, 11) is 0. The first-order valence-corrected chi connectivity index (χ1v) is 10.1. The number of pyridine rings is 1. The molecule has 3 nitrogen and oxygen atoms in total. The molecule has 3 aromatic heterocycles. The Labute approximate surface area is 149 Å². The van der Waals surface area contributed by atoms with E-state index in [0.29, 0.717) is 0 Å². The Kier molecular flexibility index (Phi) is 4.54. The second-order valence-electron chi connectivity index (χ2n) is 5.82. The maximum absolute atomic E-state index is 4.62. The van der Waals surface area contributed by atoms with Crippen LogP contribution in [0.4, 0.5) is 0 Å². The van der Waals surface area contributed by atoms with Crippen LogP contribution >= 0.6 is 23.1 Å². The van der Waals surface area contributed by atoms with Gasteiger partial charge in [-0.1, -0.05) is 43.3 Å². The van der Waals surface area contributed by atoms with E-state index in [0.717, 1.165) is 22.8 Å². The third-order valence-electron chi connectivity index (χ3n) is 4.18. The van der Waals surface area contributed by atoms with Crippen molar-refractivity contribution in [3.05, 3.63) is 53.8 Å². The highest BCUT2D eigenvalue weighted by Crippen LogP contribution is 2.32. The standard InChI is InChI=1S/C19H19N3S2/c1-2-3-10-22-13-21-18-16(22)8-9-20-19(18)24-12-14-11-23-17-7-5-4-6-15(14)17/h4-9,11,13H,2-3,10,12H2,1H3. The fourth-order valence-electron chi connectivity index (χ4n) is 2.87. The maximum atomic E-state index is 4.62. The Morgan fingerprint density at radius 2 is 2.08 bits per heavy atom. The molecule has 0 saturated heterocycles. The lowest BCUT2D eigenvalue weighted by atomic mass is 10.2. The third-order valence-corrected chi connectivity index (χ3v) is 6.22. The van der Waals surface area contributed by atoms with Crippen molar-refractivity contribution in [3.8, 4) is 0 Å². The molecule has 0 spiro atoms. The smallest absolute Gasteiger partial charge is 0.124 e. The van der Waals surface area contributed by atoms with Gasteiger partial charge in [0, 0.05) is 23.2 Å². The van der Waals surface area contributed by atoms with E-state index in [1.54, 1.807) is 11.8 Å². The van der Waals surface area contributed by atoms with Crippen molar-refractivity contribution in [2.24, 2.45) is 0 Å². The van der Waals surface area contributed by atoms with E-state index in [9.17, 15) is 0 Å². The SMILES string of the molecule is CCCCn1cnc2c(SCc3csc4ccccc34)nccc21. The van der Waals surface area contributed by atoms with Crippen LogP contribution in [-0.4, -0.2) is 14.5 Å². The molecule has 0 radical (unpaired) electrons. The second kappa shape index (κ2) is 6.95. The molecule has 0 bridgehead atoms. The predicted octanol–water partition coefficient (Wildman–Crippen LogP) is 5.74. The first kappa shape index (κ1) is 15.7. The van der Waals surface area contributed by atoms with Crippen LogP contribution in [0.3, 0.4) is 0 Å². The quantitative estimate of drug-likeness (QED) is 0.414. The molecule has 1 aromatic carbocycles. The Hall–Kier alpha value is -1.85. The van der Waals surface area contributed by atoms with Crippen molar-refractivity contribution in [2.45, 2.75) is 37.1 Å². The van der Waals surface area contributed by atoms with Gasteiger partial charge < -0.3 is 4.57 Å². The molecule has 0 aliphatic heterocycles. The van der Waals surface area contributed by atoms with Gasteiger partial charge in [0.25, 0.3) is 0 Å². The number of nitrogens with zero attached hydrogens (tertiary/aromatic N) is 3. The number of hydrogen-bond donors (Lipinski definition) is 0. The molecule has 0 amide bonds. The van der Waals surface area contributed by atoms with E-state index in [1.807, 2.05) is 23.9 Å². The number of thioether (sulfide) groups is 1. The van der Waals surface area contributed by atoms with Crippen LogP contribution in [0.15, 0.2) is 53.3 Å². The summed E-state index contributed by atoms with van der Waals surface area (Å²) in [5.41, 5.74) is 3.60. The third kappa shape index (κ3) is 2.94. The fraction of sp³-hybridized carbons (Fsp3) is 0.263. The van der Waals surface area contributed by atoms with Crippen molar-refractivity contribution in [2.75, 3.05) is 0 Å². The van der Waals surface area contributed by atoms with E-state index in [4.69, 9.17) is 0 Å². The molecule has 4 aromatic rings. The van der Waals surface area contributed by atoms with Gasteiger partial charge in [-0.3, -0.25) is 0 Å². The monoisotopic (exact) mass is 353 g/mol. The van der Waals surface area contributed by atoms with Gasteiger partial charge in [-0.15, -0.1) is 11.3 Å². The number of aromatic nitrogens is 3. The summed E-state index contributed by atoms with van der Waals surface area (Å²) in [6.45, 7) is 3.24. The fourth-order valence-corrected chi connectivity index (χ4v) is 4.90. The van der Waals surface area contributed by atoms with Gasteiger partial charge in [0.2, 0.25) is 0 Å². The molecule has 0 fully saturated rings. The number of benzene rings is 1. The minimum Gasteiger partial charge on any atom is -0.330 e. The lowest BCUT2D eigenvalue weighted by Gasteiger charge is -2.04. The number of unbranched alkanes of at least 4 members (excludes halogenated alkanes) is 1. The molecule has 0 unspecified atom stereocenters. The first-order chi connectivity index (χ1) is 11.9. The van der Waals surface area contributed by atoms with Crippen LogP contribution in [0.1, 0.15) is 25.3 Å². The molecular formula is C19H19N3S2. The number of fused-ring (bicyclic) bond motifs is 2. The van der Waals surface area contributed by atoms with Crippen LogP contribution in [0.25, 0.3) is 21.1 Å². The average molecular weight is 354 g/mol. The normalized spacial score (nSPS) is 11.5. The van der Waals surface area contributed by atoms with Crippen molar-refractivity contribution in [1.82, 2.24) is 14.5 Å². The van der Waals surface area contributed by atoms with E-state index < -0.39 is 0 Å². The Bertz CT molecular complexity index is 971. The Morgan fingerprint density at radius 1 is 1.17 bits per heavy atom. The molecule has 0 aliphatic carbocycles. The average Bonchev–Trinajstić information content (AvgIpc) is 3.22. The second-order valence-corrected chi connectivity index (χ2v) is 7.70. The van der Waals surface area contributed by atoms with Crippen molar-refractivity contribution in [3.63, 3.8) is 0 Å². The first-order valence-electron chi connectivity index (χ1n) is 8.24. The molecule has 3 heterocycles. The zero-order valence-corrected chi connectivity index (χ0v) is 15.2. The summed E-state index contributed by atoms with van der Waals surface area (Å²) in [6.07, 6.45) is 6.22. The summed E-state index contributed by atoms with van der Waals surface area (Å²) in [5.74, 6) is 0.929. The van der Waals surface area contributed by atoms with Gasteiger partial charge in [-0.25, -0.2) is 9.97 Å². The van der Waals surface area contributed by atoms with Crippen LogP contribution < -0.4 is 0 Å². The lowest BCUT2D eigenvalue weighted by molar-refractivity contribution is 0.645. The molecule has 0 N–H and O–H groups in total. The van der Waals surface area contributed by atoms with Gasteiger partial charge in [0.05, 0.1) is 11.8 Å². The van der Waals surface area contributed by atoms with E-state index >= 15 is 0 Å². The van der Waals surface area contributed by atoms with E-state index in [-0.39, 0.29) is 0 Å². The Balaban J connectivity index is 1.59. The van der Waals surface area contributed by atoms with Gasteiger partial charge in [0.1, 0.15) is 10.5 Å². The van der Waals surface area contributed by atoms with Gasteiger partial charge in [0.15, 0.2) is 0 Å². The van der Waals surface area contributed by atoms with Crippen LogP contribution in [0.5, 0.6) is 0 Å². The predicted molar refractivity (Wildman–Crippen MR) is 104 cm³/mol. The van der Waals surface area contributed by atoms with Crippen molar-refractivity contribution in [1.29, 1.82) is 0 Å². The molecule has 4 rings (SSSR count). The van der Waals surface area contributed by atoms with Gasteiger partial charge in [-0.05, 0) is 34.9 Å². The zero-order valence-electron chi connectivity index (χ0n) is 13.6. The molecule has 122 valence electrons. The lowest BCUT2D eigenvalue weighted by Crippen LogP contribution is -1.95. The molecule has 24 heavy (non-hydrogen) atoms. The minimum absolute atomic E-state index is 0.929.